The Hall–Kier alpha value is -1.56. The van der Waals surface area contributed by atoms with Crippen molar-refractivity contribution in [3.63, 3.8) is 0 Å². The summed E-state index contributed by atoms with van der Waals surface area (Å²) < 4.78 is 36.8. The Labute approximate surface area is 97.0 Å². The number of rotatable bonds is 4. The molecule has 0 spiro atoms. The quantitative estimate of drug-likeness (QED) is 0.846. The summed E-state index contributed by atoms with van der Waals surface area (Å²) in [6, 6.07) is 4.70. The molecule has 2 N–H and O–H groups in total. The first-order valence-corrected chi connectivity index (χ1v) is 5.01. The number of benzene rings is 1. The third kappa shape index (κ3) is 4.44. The highest BCUT2D eigenvalue weighted by Gasteiger charge is 2.29. The van der Waals surface area contributed by atoms with Crippen molar-refractivity contribution in [1.29, 1.82) is 0 Å². The smallest absolute Gasteiger partial charge is 0.351 e. The minimum Gasteiger partial charge on any atom is -0.351 e. The van der Waals surface area contributed by atoms with Gasteiger partial charge < -0.3 is 10.6 Å². The molecule has 0 unspecified atom stereocenters. The molecule has 1 aromatic carbocycles. The van der Waals surface area contributed by atoms with E-state index in [1.54, 1.807) is 7.05 Å². The number of halogens is 3. The van der Waals surface area contributed by atoms with Crippen LogP contribution in [0.25, 0.3) is 0 Å². The topological polar surface area (TPSA) is 41.1 Å². The Bertz CT molecular complexity index is 373. The summed E-state index contributed by atoms with van der Waals surface area (Å²) in [5, 5.41) is 5.25. The van der Waals surface area contributed by atoms with Crippen LogP contribution >= 0.6 is 0 Å². The molecule has 6 heteroatoms. The lowest BCUT2D eigenvalue weighted by atomic mass is 10.1. The van der Waals surface area contributed by atoms with E-state index in [2.05, 4.69) is 10.6 Å². The van der Waals surface area contributed by atoms with Crippen LogP contribution in [0, 0.1) is 0 Å². The lowest BCUT2D eigenvalue weighted by molar-refractivity contribution is -0.137. The van der Waals surface area contributed by atoms with Crippen LogP contribution in [0.15, 0.2) is 24.3 Å². The van der Waals surface area contributed by atoms with Gasteiger partial charge in [-0.15, -0.1) is 0 Å². The molecule has 94 valence electrons. The Morgan fingerprint density at radius 3 is 2.29 bits per heavy atom. The van der Waals surface area contributed by atoms with E-state index in [4.69, 9.17) is 0 Å². The number of carbonyl (C=O) groups excluding carboxylic acids is 1. The molecule has 1 amide bonds. The molecule has 0 atom stereocenters. The van der Waals surface area contributed by atoms with Crippen molar-refractivity contribution >= 4 is 5.91 Å². The van der Waals surface area contributed by atoms with Crippen molar-refractivity contribution in [2.75, 3.05) is 13.6 Å². The second kappa shape index (κ2) is 5.67. The number of likely N-dealkylation sites (N-methyl/N-ethyl adjacent to an activating group) is 1. The highest BCUT2D eigenvalue weighted by atomic mass is 19.4. The van der Waals surface area contributed by atoms with Crippen LogP contribution < -0.4 is 10.6 Å². The van der Waals surface area contributed by atoms with E-state index in [1.807, 2.05) is 0 Å². The van der Waals surface area contributed by atoms with Gasteiger partial charge in [-0.25, -0.2) is 0 Å². The van der Waals surface area contributed by atoms with Crippen LogP contribution in [0.4, 0.5) is 13.2 Å². The molecule has 0 saturated heterocycles. The first-order valence-electron chi connectivity index (χ1n) is 5.01. The molecule has 1 aromatic rings. The Morgan fingerprint density at radius 2 is 1.82 bits per heavy atom. The van der Waals surface area contributed by atoms with Gasteiger partial charge in [0.15, 0.2) is 0 Å². The summed E-state index contributed by atoms with van der Waals surface area (Å²) in [4.78, 5) is 11.1. The van der Waals surface area contributed by atoms with Gasteiger partial charge in [-0.3, -0.25) is 4.79 Å². The van der Waals surface area contributed by atoms with Crippen LogP contribution in [0.5, 0.6) is 0 Å². The minimum absolute atomic E-state index is 0.181. The molecule has 1 rings (SSSR count). The summed E-state index contributed by atoms with van der Waals surface area (Å²) in [7, 11) is 1.64. The van der Waals surface area contributed by atoms with E-state index in [1.165, 1.54) is 12.1 Å². The van der Waals surface area contributed by atoms with E-state index < -0.39 is 11.7 Å². The van der Waals surface area contributed by atoms with Crippen molar-refractivity contribution in [2.45, 2.75) is 12.7 Å². The van der Waals surface area contributed by atoms with Gasteiger partial charge in [0, 0.05) is 6.54 Å². The molecule has 0 aliphatic carbocycles. The highest BCUT2D eigenvalue weighted by molar-refractivity contribution is 5.77. The molecule has 0 aliphatic rings. The number of hydrogen-bond acceptors (Lipinski definition) is 2. The SMILES string of the molecule is CNCC(=O)NCc1ccc(C(F)(F)F)cc1. The van der Waals surface area contributed by atoms with Crippen LogP contribution in [-0.2, 0) is 17.5 Å². The van der Waals surface area contributed by atoms with E-state index in [0.717, 1.165) is 12.1 Å². The summed E-state index contributed by atoms with van der Waals surface area (Å²) in [6.45, 7) is 0.402. The highest BCUT2D eigenvalue weighted by Crippen LogP contribution is 2.28. The standard InChI is InChI=1S/C11H13F3N2O/c1-15-7-10(17)16-6-8-2-4-9(5-3-8)11(12,13)14/h2-5,15H,6-7H2,1H3,(H,16,17). The number of hydrogen-bond donors (Lipinski definition) is 2. The maximum Gasteiger partial charge on any atom is 0.416 e. The van der Waals surface area contributed by atoms with Gasteiger partial charge >= 0.3 is 6.18 Å². The van der Waals surface area contributed by atoms with Gasteiger partial charge in [-0.05, 0) is 24.7 Å². The molecule has 17 heavy (non-hydrogen) atoms. The number of amides is 1. The zero-order chi connectivity index (χ0) is 12.9. The first-order chi connectivity index (χ1) is 7.93. The molecule has 0 heterocycles. The van der Waals surface area contributed by atoms with Crippen LogP contribution in [0.3, 0.4) is 0 Å². The zero-order valence-corrected chi connectivity index (χ0v) is 9.27. The predicted octanol–water partition coefficient (Wildman–Crippen LogP) is 1.54. The molecular formula is C11H13F3N2O. The molecule has 0 radical (unpaired) electrons. The average Bonchev–Trinajstić information content (AvgIpc) is 2.26. The molecule has 0 fully saturated rings. The lowest BCUT2D eigenvalue weighted by Gasteiger charge is -2.08. The fourth-order valence-electron chi connectivity index (χ4n) is 1.24. The van der Waals surface area contributed by atoms with Crippen molar-refractivity contribution in [2.24, 2.45) is 0 Å². The summed E-state index contributed by atoms with van der Waals surface area (Å²) >= 11 is 0. The van der Waals surface area contributed by atoms with Crippen molar-refractivity contribution in [1.82, 2.24) is 10.6 Å². The average molecular weight is 246 g/mol. The van der Waals surface area contributed by atoms with Gasteiger partial charge in [0.05, 0.1) is 12.1 Å². The third-order valence-corrected chi connectivity index (χ3v) is 2.11. The largest absolute Gasteiger partial charge is 0.416 e. The number of carbonyl (C=O) groups is 1. The molecule has 3 nitrogen and oxygen atoms in total. The van der Waals surface area contributed by atoms with Crippen molar-refractivity contribution < 1.29 is 18.0 Å². The first kappa shape index (κ1) is 13.5. The second-order valence-corrected chi connectivity index (χ2v) is 3.50. The molecular weight excluding hydrogens is 233 g/mol. The van der Waals surface area contributed by atoms with Gasteiger partial charge in [-0.2, -0.15) is 13.2 Å². The molecule has 0 aromatic heterocycles. The van der Waals surface area contributed by atoms with Gasteiger partial charge in [0.2, 0.25) is 5.91 Å². The van der Waals surface area contributed by atoms with Gasteiger partial charge in [-0.1, -0.05) is 12.1 Å². The van der Waals surface area contributed by atoms with Gasteiger partial charge in [0.1, 0.15) is 0 Å². The Kier molecular flexibility index (Phi) is 4.51. The third-order valence-electron chi connectivity index (χ3n) is 2.11. The maximum absolute atomic E-state index is 12.3. The molecule has 0 bridgehead atoms. The van der Waals surface area contributed by atoms with Crippen molar-refractivity contribution in [3.05, 3.63) is 35.4 Å². The Balaban J connectivity index is 2.54. The van der Waals surface area contributed by atoms with Crippen LogP contribution in [0.1, 0.15) is 11.1 Å². The fourth-order valence-corrected chi connectivity index (χ4v) is 1.24. The summed E-state index contributed by atoms with van der Waals surface area (Å²) in [5.41, 5.74) is -0.0646. The van der Waals surface area contributed by atoms with Crippen molar-refractivity contribution in [3.8, 4) is 0 Å². The molecule has 0 saturated carbocycles. The normalized spacial score (nSPS) is 11.3. The number of alkyl halides is 3. The van der Waals surface area contributed by atoms with Gasteiger partial charge in [0.25, 0.3) is 0 Å². The zero-order valence-electron chi connectivity index (χ0n) is 9.27. The maximum atomic E-state index is 12.3. The predicted molar refractivity (Wildman–Crippen MR) is 57.2 cm³/mol. The van der Waals surface area contributed by atoms with E-state index >= 15 is 0 Å². The van der Waals surface area contributed by atoms with E-state index in [-0.39, 0.29) is 19.0 Å². The van der Waals surface area contributed by atoms with E-state index in [0.29, 0.717) is 5.56 Å². The minimum atomic E-state index is -4.33. The van der Waals surface area contributed by atoms with Crippen LogP contribution in [0.2, 0.25) is 0 Å². The second-order valence-electron chi connectivity index (χ2n) is 3.50. The Morgan fingerprint density at radius 1 is 1.24 bits per heavy atom. The monoisotopic (exact) mass is 246 g/mol. The van der Waals surface area contributed by atoms with Crippen LogP contribution in [-0.4, -0.2) is 19.5 Å². The summed E-state index contributed by atoms with van der Waals surface area (Å²) in [5.74, 6) is -0.201. The molecule has 0 aliphatic heterocycles. The number of nitrogens with one attached hydrogen (secondary N) is 2. The summed E-state index contributed by atoms with van der Waals surface area (Å²) in [6.07, 6.45) is -4.33. The van der Waals surface area contributed by atoms with E-state index in [9.17, 15) is 18.0 Å². The lowest BCUT2D eigenvalue weighted by Crippen LogP contribution is -2.31. The fraction of sp³-hybridized carbons (Fsp3) is 0.364.